The van der Waals surface area contributed by atoms with E-state index >= 15 is 0 Å². The Kier molecular flexibility index (Phi) is 2.93. The van der Waals surface area contributed by atoms with Crippen LogP contribution >= 0.6 is 0 Å². The number of hydroxylamine groups is 1. The van der Waals surface area contributed by atoms with E-state index < -0.39 is 0 Å². The first-order valence-corrected chi connectivity index (χ1v) is 3.17. The molecule has 2 heteroatoms. The molecule has 0 unspecified atom stereocenters. The molecule has 0 aliphatic heterocycles. The van der Waals surface area contributed by atoms with Crippen LogP contribution in [0.15, 0.2) is 30.3 Å². The van der Waals surface area contributed by atoms with Crippen LogP contribution in [0.5, 0.6) is 0 Å². The minimum absolute atomic E-state index is 0.636. The zero-order chi connectivity index (χ0) is 7.23. The van der Waals surface area contributed by atoms with Crippen LogP contribution in [0.3, 0.4) is 0 Å². The molecule has 0 atom stereocenters. The van der Waals surface area contributed by atoms with Gasteiger partial charge in [-0.05, 0) is 5.56 Å². The molecule has 2 nitrogen and oxygen atoms in total. The lowest BCUT2D eigenvalue weighted by Crippen LogP contribution is -2.01. The van der Waals surface area contributed by atoms with Crippen molar-refractivity contribution >= 4 is 0 Å². The Bertz CT molecular complexity index is 174. The maximum atomic E-state index is 4.57. The molecule has 0 aliphatic carbocycles. The van der Waals surface area contributed by atoms with Crippen molar-refractivity contribution in [1.29, 1.82) is 0 Å². The molecule has 0 saturated heterocycles. The standard InChI is InChI=1S/C8H10NO/c1-10-9-7-8-5-3-2-4-6-8/h2-6H,7H2,1H3. The van der Waals surface area contributed by atoms with Crippen LogP contribution in [-0.2, 0) is 11.4 Å². The third-order valence-corrected chi connectivity index (χ3v) is 1.22. The number of nitrogens with zero attached hydrogens (tertiary/aromatic N) is 1. The third kappa shape index (κ3) is 2.17. The Balaban J connectivity index is 2.43. The SMILES string of the molecule is CO[N]Cc1ccccc1. The summed E-state index contributed by atoms with van der Waals surface area (Å²) in [6.45, 7) is 0.636. The van der Waals surface area contributed by atoms with Crippen molar-refractivity contribution in [1.82, 2.24) is 5.48 Å². The molecule has 0 spiro atoms. The average Bonchev–Trinajstić information content (AvgIpc) is 2.03. The maximum Gasteiger partial charge on any atom is 0.0677 e. The largest absolute Gasteiger partial charge is 0.285 e. The quantitative estimate of drug-likeness (QED) is 0.575. The van der Waals surface area contributed by atoms with Gasteiger partial charge in [-0.15, -0.1) is 0 Å². The Hall–Kier alpha value is -0.860. The fourth-order valence-electron chi connectivity index (χ4n) is 0.723. The minimum atomic E-state index is 0.636. The molecule has 0 aromatic heterocycles. The highest BCUT2D eigenvalue weighted by atomic mass is 16.6. The molecule has 0 heterocycles. The second kappa shape index (κ2) is 4.04. The molecule has 10 heavy (non-hydrogen) atoms. The first kappa shape index (κ1) is 7.25. The third-order valence-electron chi connectivity index (χ3n) is 1.22. The normalized spacial score (nSPS) is 9.70. The van der Waals surface area contributed by atoms with Crippen molar-refractivity contribution < 1.29 is 4.84 Å². The van der Waals surface area contributed by atoms with Crippen molar-refractivity contribution in [2.45, 2.75) is 6.54 Å². The van der Waals surface area contributed by atoms with E-state index in [4.69, 9.17) is 0 Å². The molecule has 1 radical (unpaired) electrons. The van der Waals surface area contributed by atoms with Crippen LogP contribution < -0.4 is 5.48 Å². The van der Waals surface area contributed by atoms with Gasteiger partial charge in [0, 0.05) is 0 Å². The first-order valence-electron chi connectivity index (χ1n) is 3.17. The van der Waals surface area contributed by atoms with E-state index in [9.17, 15) is 0 Å². The van der Waals surface area contributed by atoms with Crippen LogP contribution in [0.25, 0.3) is 0 Å². The lowest BCUT2D eigenvalue weighted by atomic mass is 10.2. The van der Waals surface area contributed by atoms with E-state index in [2.05, 4.69) is 10.3 Å². The summed E-state index contributed by atoms with van der Waals surface area (Å²) in [7, 11) is 1.56. The highest BCUT2D eigenvalue weighted by Gasteiger charge is 1.88. The van der Waals surface area contributed by atoms with Gasteiger partial charge in [0.1, 0.15) is 0 Å². The molecular formula is C8H10NO. The van der Waals surface area contributed by atoms with Crippen LogP contribution in [0.2, 0.25) is 0 Å². The zero-order valence-corrected chi connectivity index (χ0v) is 5.95. The molecule has 0 fully saturated rings. The van der Waals surface area contributed by atoms with Crippen LogP contribution in [0.4, 0.5) is 0 Å². The summed E-state index contributed by atoms with van der Waals surface area (Å²) in [5.74, 6) is 0. The van der Waals surface area contributed by atoms with Crippen LogP contribution in [-0.4, -0.2) is 7.11 Å². The van der Waals surface area contributed by atoms with E-state index in [1.54, 1.807) is 7.11 Å². The molecule has 0 bridgehead atoms. The highest BCUT2D eigenvalue weighted by molar-refractivity contribution is 5.13. The lowest BCUT2D eigenvalue weighted by molar-refractivity contribution is 0.0773. The average molecular weight is 136 g/mol. The Labute approximate surface area is 60.8 Å². The molecule has 0 amide bonds. The smallest absolute Gasteiger partial charge is 0.0677 e. The first-order chi connectivity index (χ1) is 4.93. The number of hydrogen-bond donors (Lipinski definition) is 0. The molecule has 0 saturated carbocycles. The van der Waals surface area contributed by atoms with E-state index in [1.165, 1.54) is 5.56 Å². The monoisotopic (exact) mass is 136 g/mol. The van der Waals surface area contributed by atoms with Gasteiger partial charge in [0.05, 0.1) is 13.7 Å². The number of rotatable bonds is 3. The number of benzene rings is 1. The van der Waals surface area contributed by atoms with Gasteiger partial charge in [-0.3, -0.25) is 4.84 Å². The van der Waals surface area contributed by atoms with Crippen molar-refractivity contribution in [2.24, 2.45) is 0 Å². The van der Waals surface area contributed by atoms with E-state index in [-0.39, 0.29) is 0 Å². The Morgan fingerprint density at radius 3 is 2.60 bits per heavy atom. The topological polar surface area (TPSA) is 23.3 Å². The summed E-state index contributed by atoms with van der Waals surface area (Å²) in [5.41, 5.74) is 4.91. The van der Waals surface area contributed by atoms with Gasteiger partial charge in [0.2, 0.25) is 0 Å². The summed E-state index contributed by atoms with van der Waals surface area (Å²) in [5, 5.41) is 0. The van der Waals surface area contributed by atoms with E-state index in [0.717, 1.165) is 0 Å². The zero-order valence-electron chi connectivity index (χ0n) is 5.95. The summed E-state index contributed by atoms with van der Waals surface area (Å²) < 4.78 is 0. The van der Waals surface area contributed by atoms with Crippen molar-refractivity contribution in [3.05, 3.63) is 35.9 Å². The number of hydrogen-bond acceptors (Lipinski definition) is 1. The summed E-state index contributed by atoms with van der Waals surface area (Å²) in [6.07, 6.45) is 0. The second-order valence-corrected chi connectivity index (χ2v) is 1.96. The molecule has 1 aromatic rings. The molecule has 1 rings (SSSR count). The van der Waals surface area contributed by atoms with Gasteiger partial charge in [0.15, 0.2) is 0 Å². The molecule has 0 aliphatic rings. The van der Waals surface area contributed by atoms with Gasteiger partial charge in [-0.25, -0.2) is 0 Å². The molecule has 53 valence electrons. The molecule has 1 aromatic carbocycles. The summed E-state index contributed by atoms with van der Waals surface area (Å²) >= 11 is 0. The van der Waals surface area contributed by atoms with Gasteiger partial charge >= 0.3 is 0 Å². The van der Waals surface area contributed by atoms with Gasteiger partial charge in [-0.2, -0.15) is 0 Å². The van der Waals surface area contributed by atoms with Gasteiger partial charge in [0.25, 0.3) is 0 Å². The lowest BCUT2D eigenvalue weighted by Gasteiger charge is -1.96. The van der Waals surface area contributed by atoms with Gasteiger partial charge < -0.3 is 0 Å². The fourth-order valence-corrected chi connectivity index (χ4v) is 0.723. The highest BCUT2D eigenvalue weighted by Crippen LogP contribution is 1.96. The van der Waals surface area contributed by atoms with Crippen molar-refractivity contribution in [2.75, 3.05) is 7.11 Å². The molecular weight excluding hydrogens is 126 g/mol. The van der Waals surface area contributed by atoms with Gasteiger partial charge in [-0.1, -0.05) is 35.8 Å². The second-order valence-electron chi connectivity index (χ2n) is 1.96. The van der Waals surface area contributed by atoms with E-state index in [1.807, 2.05) is 30.3 Å². The predicted molar refractivity (Wildman–Crippen MR) is 39.3 cm³/mol. The maximum absolute atomic E-state index is 4.57. The Morgan fingerprint density at radius 2 is 2.00 bits per heavy atom. The van der Waals surface area contributed by atoms with Crippen LogP contribution in [0, 0.1) is 0 Å². The van der Waals surface area contributed by atoms with E-state index in [0.29, 0.717) is 6.54 Å². The predicted octanol–water partition coefficient (Wildman–Crippen LogP) is 1.35. The molecule has 0 N–H and O–H groups in total. The minimum Gasteiger partial charge on any atom is -0.285 e. The van der Waals surface area contributed by atoms with Crippen LogP contribution in [0.1, 0.15) is 5.56 Å². The summed E-state index contributed by atoms with van der Waals surface area (Å²) in [4.78, 5) is 4.57. The van der Waals surface area contributed by atoms with Crippen molar-refractivity contribution in [3.8, 4) is 0 Å². The summed E-state index contributed by atoms with van der Waals surface area (Å²) in [6, 6.07) is 9.99. The van der Waals surface area contributed by atoms with Crippen molar-refractivity contribution in [3.63, 3.8) is 0 Å². The fraction of sp³-hybridized carbons (Fsp3) is 0.250. The Morgan fingerprint density at radius 1 is 1.30 bits per heavy atom.